The minimum absolute atomic E-state index is 0.250. The molecule has 0 fully saturated rings. The van der Waals surface area contributed by atoms with Crippen LogP contribution in [0.1, 0.15) is 36.8 Å². The van der Waals surface area contributed by atoms with E-state index in [4.69, 9.17) is 0 Å². The standard InChI is InChI=1S/C13H19N3/c1-4-9(2)14-13-11-7-5-6-8-12(11)15-10(3)16-13/h4,9H,1,5-8H2,2-3H3,(H,14,15,16). The summed E-state index contributed by atoms with van der Waals surface area (Å²) in [7, 11) is 0. The first-order valence-electron chi connectivity index (χ1n) is 5.96. The summed E-state index contributed by atoms with van der Waals surface area (Å²) < 4.78 is 0. The third-order valence-corrected chi connectivity index (χ3v) is 3.01. The summed E-state index contributed by atoms with van der Waals surface area (Å²) in [5, 5.41) is 3.39. The number of rotatable bonds is 3. The zero-order valence-electron chi connectivity index (χ0n) is 10.1. The summed E-state index contributed by atoms with van der Waals surface area (Å²) in [5.74, 6) is 1.87. The quantitative estimate of drug-likeness (QED) is 0.791. The highest BCUT2D eigenvalue weighted by Gasteiger charge is 2.17. The van der Waals surface area contributed by atoms with E-state index in [0.29, 0.717) is 0 Å². The number of nitrogens with one attached hydrogen (secondary N) is 1. The van der Waals surface area contributed by atoms with Crippen LogP contribution in [0.4, 0.5) is 5.82 Å². The Kier molecular flexibility index (Phi) is 3.22. The Bertz CT molecular complexity index is 398. The highest BCUT2D eigenvalue weighted by molar-refractivity contribution is 5.49. The summed E-state index contributed by atoms with van der Waals surface area (Å²) >= 11 is 0. The van der Waals surface area contributed by atoms with E-state index < -0.39 is 0 Å². The van der Waals surface area contributed by atoms with Gasteiger partial charge in [-0.05, 0) is 39.5 Å². The van der Waals surface area contributed by atoms with Gasteiger partial charge in [-0.3, -0.25) is 0 Å². The molecular formula is C13H19N3. The molecule has 3 heteroatoms. The first-order valence-corrected chi connectivity index (χ1v) is 5.96. The monoisotopic (exact) mass is 217 g/mol. The van der Waals surface area contributed by atoms with Crippen molar-refractivity contribution in [2.45, 2.75) is 45.6 Å². The van der Waals surface area contributed by atoms with Gasteiger partial charge in [-0.25, -0.2) is 9.97 Å². The van der Waals surface area contributed by atoms with Crippen LogP contribution in [0.5, 0.6) is 0 Å². The molecule has 1 aromatic rings. The second-order valence-corrected chi connectivity index (χ2v) is 4.42. The molecule has 1 unspecified atom stereocenters. The van der Waals surface area contributed by atoms with E-state index in [1.165, 1.54) is 24.1 Å². The second-order valence-electron chi connectivity index (χ2n) is 4.42. The van der Waals surface area contributed by atoms with Crippen molar-refractivity contribution < 1.29 is 0 Å². The molecular weight excluding hydrogens is 198 g/mol. The molecule has 86 valence electrons. The number of aryl methyl sites for hydroxylation is 2. The number of hydrogen-bond acceptors (Lipinski definition) is 3. The summed E-state index contributed by atoms with van der Waals surface area (Å²) in [5.41, 5.74) is 2.54. The van der Waals surface area contributed by atoms with Crippen molar-refractivity contribution in [1.29, 1.82) is 0 Å². The van der Waals surface area contributed by atoms with Crippen molar-refractivity contribution in [3.63, 3.8) is 0 Å². The predicted octanol–water partition coefficient (Wildman–Crippen LogP) is 2.65. The predicted molar refractivity (Wildman–Crippen MR) is 66.7 cm³/mol. The molecule has 2 rings (SSSR count). The van der Waals surface area contributed by atoms with Crippen molar-refractivity contribution in [1.82, 2.24) is 9.97 Å². The van der Waals surface area contributed by atoms with Gasteiger partial charge in [-0.2, -0.15) is 0 Å². The fourth-order valence-corrected chi connectivity index (χ4v) is 2.11. The van der Waals surface area contributed by atoms with Gasteiger partial charge < -0.3 is 5.32 Å². The third-order valence-electron chi connectivity index (χ3n) is 3.01. The fraction of sp³-hybridized carbons (Fsp3) is 0.538. The van der Waals surface area contributed by atoms with Crippen LogP contribution in [0.3, 0.4) is 0 Å². The molecule has 1 aromatic heterocycles. The van der Waals surface area contributed by atoms with Crippen LogP contribution in [-0.4, -0.2) is 16.0 Å². The maximum atomic E-state index is 4.53. The lowest BCUT2D eigenvalue weighted by atomic mass is 9.96. The maximum Gasteiger partial charge on any atom is 0.133 e. The van der Waals surface area contributed by atoms with Gasteiger partial charge in [-0.15, -0.1) is 6.58 Å². The highest BCUT2D eigenvalue weighted by Crippen LogP contribution is 2.25. The van der Waals surface area contributed by atoms with Gasteiger partial charge in [0, 0.05) is 17.3 Å². The fourth-order valence-electron chi connectivity index (χ4n) is 2.11. The summed E-state index contributed by atoms with van der Waals surface area (Å²) in [6, 6.07) is 0.250. The van der Waals surface area contributed by atoms with Crippen LogP contribution in [0, 0.1) is 6.92 Å². The highest BCUT2D eigenvalue weighted by atomic mass is 15.0. The molecule has 16 heavy (non-hydrogen) atoms. The van der Waals surface area contributed by atoms with Crippen molar-refractivity contribution in [3.8, 4) is 0 Å². The first-order chi connectivity index (χ1) is 7.70. The van der Waals surface area contributed by atoms with Crippen LogP contribution in [0.2, 0.25) is 0 Å². The summed E-state index contributed by atoms with van der Waals surface area (Å²) in [6.45, 7) is 7.83. The summed E-state index contributed by atoms with van der Waals surface area (Å²) in [4.78, 5) is 9.03. The van der Waals surface area contributed by atoms with E-state index in [1.807, 2.05) is 13.0 Å². The lowest BCUT2D eigenvalue weighted by Gasteiger charge is -2.20. The third kappa shape index (κ3) is 2.23. The largest absolute Gasteiger partial charge is 0.364 e. The molecule has 0 radical (unpaired) electrons. The van der Waals surface area contributed by atoms with Gasteiger partial charge >= 0.3 is 0 Å². The van der Waals surface area contributed by atoms with E-state index in [0.717, 1.165) is 24.5 Å². The normalized spacial score (nSPS) is 16.4. The molecule has 3 nitrogen and oxygen atoms in total. The van der Waals surface area contributed by atoms with Crippen molar-refractivity contribution >= 4 is 5.82 Å². The summed E-state index contributed by atoms with van der Waals surface area (Å²) in [6.07, 6.45) is 6.58. The molecule has 0 saturated carbocycles. The SMILES string of the molecule is C=CC(C)Nc1nc(C)nc2c1CCCC2. The minimum Gasteiger partial charge on any atom is -0.364 e. The average Bonchev–Trinajstić information content (AvgIpc) is 2.28. The molecule has 1 N–H and O–H groups in total. The molecule has 0 amide bonds. The Labute approximate surface area is 97.0 Å². The Hall–Kier alpha value is -1.38. The van der Waals surface area contributed by atoms with Crippen molar-refractivity contribution in [2.75, 3.05) is 5.32 Å². The van der Waals surface area contributed by atoms with Gasteiger partial charge in [-0.1, -0.05) is 6.08 Å². The molecule has 1 atom stereocenters. The van der Waals surface area contributed by atoms with Crippen LogP contribution in [0.25, 0.3) is 0 Å². The topological polar surface area (TPSA) is 37.8 Å². The van der Waals surface area contributed by atoms with Gasteiger partial charge in [0.25, 0.3) is 0 Å². The number of aromatic nitrogens is 2. The molecule has 0 bridgehead atoms. The lowest BCUT2D eigenvalue weighted by molar-refractivity contribution is 0.658. The van der Waals surface area contributed by atoms with Gasteiger partial charge in [0.2, 0.25) is 0 Å². The smallest absolute Gasteiger partial charge is 0.133 e. The first kappa shape index (κ1) is 11.1. The average molecular weight is 217 g/mol. The van der Waals surface area contributed by atoms with E-state index in [9.17, 15) is 0 Å². The van der Waals surface area contributed by atoms with E-state index in [1.54, 1.807) is 0 Å². The van der Waals surface area contributed by atoms with E-state index in [2.05, 4.69) is 28.8 Å². The Morgan fingerprint density at radius 3 is 2.81 bits per heavy atom. The van der Waals surface area contributed by atoms with E-state index >= 15 is 0 Å². The van der Waals surface area contributed by atoms with Crippen molar-refractivity contribution in [3.05, 3.63) is 29.7 Å². The van der Waals surface area contributed by atoms with Gasteiger partial charge in [0.1, 0.15) is 11.6 Å². The van der Waals surface area contributed by atoms with Crippen LogP contribution in [0.15, 0.2) is 12.7 Å². The number of nitrogens with zero attached hydrogens (tertiary/aromatic N) is 2. The Morgan fingerprint density at radius 1 is 1.31 bits per heavy atom. The molecule has 1 heterocycles. The maximum absolute atomic E-state index is 4.53. The van der Waals surface area contributed by atoms with Gasteiger partial charge in [0.15, 0.2) is 0 Å². The minimum atomic E-state index is 0.250. The zero-order valence-corrected chi connectivity index (χ0v) is 10.1. The number of anilines is 1. The molecule has 1 aliphatic rings. The number of hydrogen-bond donors (Lipinski definition) is 1. The van der Waals surface area contributed by atoms with Gasteiger partial charge in [0.05, 0.1) is 0 Å². The van der Waals surface area contributed by atoms with Crippen LogP contribution >= 0.6 is 0 Å². The molecule has 0 spiro atoms. The molecule has 1 aliphatic carbocycles. The molecule has 0 saturated heterocycles. The van der Waals surface area contributed by atoms with Crippen molar-refractivity contribution in [2.24, 2.45) is 0 Å². The van der Waals surface area contributed by atoms with Crippen LogP contribution < -0.4 is 5.32 Å². The van der Waals surface area contributed by atoms with Crippen LogP contribution in [-0.2, 0) is 12.8 Å². The zero-order chi connectivity index (χ0) is 11.5. The molecule has 0 aliphatic heterocycles. The molecule has 0 aromatic carbocycles. The Balaban J connectivity index is 2.35. The number of fused-ring (bicyclic) bond motifs is 1. The lowest BCUT2D eigenvalue weighted by Crippen LogP contribution is -2.18. The Morgan fingerprint density at radius 2 is 2.06 bits per heavy atom. The van der Waals surface area contributed by atoms with E-state index in [-0.39, 0.29) is 6.04 Å². The second kappa shape index (κ2) is 4.64.